The lowest BCUT2D eigenvalue weighted by Gasteiger charge is -2.44. The number of ether oxygens (including phenoxy) is 2. The molecule has 3 aliphatic rings. The van der Waals surface area contributed by atoms with Gasteiger partial charge in [0, 0.05) is 58.8 Å². The first kappa shape index (κ1) is 17.2. The topological polar surface area (TPSA) is 42.0 Å². The van der Waals surface area contributed by atoms with E-state index >= 15 is 0 Å². The lowest BCUT2D eigenvalue weighted by atomic mass is 9.70. The SMILES string of the molecule is COCCN1CC(COC)C2(CCN(C(=O)C3CCC3)CC2)C1. The molecule has 132 valence electrons. The zero-order chi connectivity index (χ0) is 16.3. The first-order valence-electron chi connectivity index (χ1n) is 9.17. The molecule has 1 unspecified atom stereocenters. The maximum absolute atomic E-state index is 12.5. The maximum Gasteiger partial charge on any atom is 0.225 e. The highest BCUT2D eigenvalue weighted by Crippen LogP contribution is 2.45. The van der Waals surface area contributed by atoms with Crippen molar-refractivity contribution in [3.8, 4) is 0 Å². The van der Waals surface area contributed by atoms with E-state index in [-0.39, 0.29) is 0 Å². The van der Waals surface area contributed by atoms with E-state index in [0.29, 0.717) is 23.2 Å². The molecule has 2 heterocycles. The minimum Gasteiger partial charge on any atom is -0.384 e. The normalized spacial score (nSPS) is 28.3. The summed E-state index contributed by atoms with van der Waals surface area (Å²) in [6.45, 7) is 6.75. The maximum atomic E-state index is 12.5. The van der Waals surface area contributed by atoms with Crippen molar-refractivity contribution in [3.05, 3.63) is 0 Å². The summed E-state index contributed by atoms with van der Waals surface area (Å²) in [6.07, 6.45) is 5.71. The molecule has 0 N–H and O–H groups in total. The van der Waals surface area contributed by atoms with Gasteiger partial charge in [0.05, 0.1) is 13.2 Å². The van der Waals surface area contributed by atoms with Gasteiger partial charge in [0.2, 0.25) is 5.91 Å². The lowest BCUT2D eigenvalue weighted by Crippen LogP contribution is -2.49. The minimum atomic E-state index is 0.333. The monoisotopic (exact) mass is 324 g/mol. The summed E-state index contributed by atoms with van der Waals surface area (Å²) in [4.78, 5) is 17.1. The third kappa shape index (κ3) is 3.57. The number of nitrogens with zero attached hydrogens (tertiary/aromatic N) is 2. The van der Waals surface area contributed by atoms with Crippen LogP contribution in [0.25, 0.3) is 0 Å². The molecule has 5 heteroatoms. The Bertz CT molecular complexity index is 403. The van der Waals surface area contributed by atoms with Crippen molar-refractivity contribution in [2.45, 2.75) is 32.1 Å². The summed E-state index contributed by atoms with van der Waals surface area (Å²) in [5.41, 5.74) is 0.333. The predicted octanol–water partition coefficient (Wildman–Crippen LogP) is 1.62. The molecule has 2 aliphatic heterocycles. The zero-order valence-corrected chi connectivity index (χ0v) is 14.8. The zero-order valence-electron chi connectivity index (χ0n) is 14.8. The Morgan fingerprint density at radius 3 is 2.48 bits per heavy atom. The van der Waals surface area contributed by atoms with Crippen LogP contribution in [0.1, 0.15) is 32.1 Å². The van der Waals surface area contributed by atoms with Gasteiger partial charge in [-0.25, -0.2) is 0 Å². The largest absolute Gasteiger partial charge is 0.384 e. The van der Waals surface area contributed by atoms with Crippen LogP contribution in [0.15, 0.2) is 0 Å². The van der Waals surface area contributed by atoms with Crippen molar-refractivity contribution in [2.24, 2.45) is 17.3 Å². The van der Waals surface area contributed by atoms with Gasteiger partial charge >= 0.3 is 0 Å². The van der Waals surface area contributed by atoms with E-state index < -0.39 is 0 Å². The molecule has 2 saturated heterocycles. The molecule has 0 aromatic heterocycles. The summed E-state index contributed by atoms with van der Waals surface area (Å²) in [5.74, 6) is 1.34. The lowest BCUT2D eigenvalue weighted by molar-refractivity contribution is -0.141. The molecular formula is C18H32N2O3. The number of amides is 1. The molecule has 0 radical (unpaired) electrons. The van der Waals surface area contributed by atoms with Crippen LogP contribution >= 0.6 is 0 Å². The smallest absolute Gasteiger partial charge is 0.225 e. The fraction of sp³-hybridized carbons (Fsp3) is 0.944. The Morgan fingerprint density at radius 2 is 1.91 bits per heavy atom. The van der Waals surface area contributed by atoms with Gasteiger partial charge in [0.25, 0.3) is 0 Å². The fourth-order valence-corrected chi connectivity index (χ4v) is 4.62. The predicted molar refractivity (Wildman–Crippen MR) is 89.3 cm³/mol. The summed E-state index contributed by atoms with van der Waals surface area (Å²) in [6, 6.07) is 0. The Labute approximate surface area is 140 Å². The standard InChI is InChI=1S/C18H32N2O3/c1-22-11-10-19-12-16(13-23-2)18(14-19)6-8-20(9-7-18)17(21)15-4-3-5-15/h15-16H,3-14H2,1-2H3. The van der Waals surface area contributed by atoms with Crippen LogP contribution < -0.4 is 0 Å². The van der Waals surface area contributed by atoms with E-state index in [0.717, 1.165) is 71.6 Å². The molecule has 0 aromatic rings. The van der Waals surface area contributed by atoms with E-state index in [1.807, 2.05) is 0 Å². The van der Waals surface area contributed by atoms with Gasteiger partial charge in [-0.2, -0.15) is 0 Å². The minimum absolute atomic E-state index is 0.333. The third-order valence-electron chi connectivity index (χ3n) is 6.39. The molecule has 5 nitrogen and oxygen atoms in total. The molecule has 1 atom stereocenters. The summed E-state index contributed by atoms with van der Waals surface area (Å²) >= 11 is 0. The number of hydrogen-bond acceptors (Lipinski definition) is 4. The van der Waals surface area contributed by atoms with Crippen LogP contribution in [0, 0.1) is 17.3 Å². The highest BCUT2D eigenvalue weighted by molar-refractivity contribution is 5.79. The number of hydrogen-bond donors (Lipinski definition) is 0. The van der Waals surface area contributed by atoms with Crippen molar-refractivity contribution in [2.75, 3.05) is 60.2 Å². The van der Waals surface area contributed by atoms with Gasteiger partial charge in [-0.15, -0.1) is 0 Å². The second-order valence-electron chi connectivity index (χ2n) is 7.70. The molecule has 1 spiro atoms. The van der Waals surface area contributed by atoms with Crippen molar-refractivity contribution < 1.29 is 14.3 Å². The van der Waals surface area contributed by atoms with E-state index in [1.54, 1.807) is 14.2 Å². The van der Waals surface area contributed by atoms with Crippen molar-refractivity contribution in [3.63, 3.8) is 0 Å². The molecule has 0 bridgehead atoms. The molecule has 3 rings (SSSR count). The summed E-state index contributed by atoms with van der Waals surface area (Å²) in [5, 5.41) is 0. The number of carbonyl (C=O) groups excluding carboxylic acids is 1. The number of methoxy groups -OCH3 is 2. The quantitative estimate of drug-likeness (QED) is 0.745. The van der Waals surface area contributed by atoms with Crippen molar-refractivity contribution >= 4 is 5.91 Å². The Kier molecular flexibility index (Phi) is 5.60. The Hall–Kier alpha value is -0.650. The van der Waals surface area contributed by atoms with Gasteiger partial charge < -0.3 is 19.3 Å². The van der Waals surface area contributed by atoms with Crippen LogP contribution in [-0.2, 0) is 14.3 Å². The average molecular weight is 324 g/mol. The third-order valence-corrected chi connectivity index (χ3v) is 6.39. The van der Waals surface area contributed by atoms with E-state index in [1.165, 1.54) is 6.42 Å². The second-order valence-corrected chi connectivity index (χ2v) is 7.70. The summed E-state index contributed by atoms with van der Waals surface area (Å²) in [7, 11) is 3.57. The molecule has 0 aromatic carbocycles. The van der Waals surface area contributed by atoms with Crippen LogP contribution in [0.4, 0.5) is 0 Å². The van der Waals surface area contributed by atoms with E-state index in [9.17, 15) is 4.79 Å². The van der Waals surface area contributed by atoms with Crippen molar-refractivity contribution in [1.29, 1.82) is 0 Å². The average Bonchev–Trinajstić information content (AvgIpc) is 2.82. The highest BCUT2D eigenvalue weighted by Gasteiger charge is 2.48. The first-order chi connectivity index (χ1) is 11.2. The van der Waals surface area contributed by atoms with E-state index in [2.05, 4.69) is 9.80 Å². The molecule has 1 aliphatic carbocycles. The van der Waals surface area contributed by atoms with Crippen LogP contribution in [0.2, 0.25) is 0 Å². The molecular weight excluding hydrogens is 292 g/mol. The fourth-order valence-electron chi connectivity index (χ4n) is 4.62. The molecule has 1 saturated carbocycles. The second kappa shape index (κ2) is 7.49. The van der Waals surface area contributed by atoms with Crippen LogP contribution in [0.5, 0.6) is 0 Å². The van der Waals surface area contributed by atoms with Gasteiger partial charge in [-0.3, -0.25) is 4.79 Å². The van der Waals surface area contributed by atoms with Crippen molar-refractivity contribution in [1.82, 2.24) is 9.80 Å². The van der Waals surface area contributed by atoms with Gasteiger partial charge in [-0.1, -0.05) is 6.42 Å². The molecule has 3 fully saturated rings. The summed E-state index contributed by atoms with van der Waals surface area (Å²) < 4.78 is 10.7. The van der Waals surface area contributed by atoms with Gasteiger partial charge in [0.1, 0.15) is 0 Å². The Morgan fingerprint density at radius 1 is 1.17 bits per heavy atom. The molecule has 1 amide bonds. The van der Waals surface area contributed by atoms with Crippen LogP contribution in [-0.4, -0.2) is 75.9 Å². The van der Waals surface area contributed by atoms with E-state index in [4.69, 9.17) is 9.47 Å². The number of rotatable bonds is 6. The number of likely N-dealkylation sites (tertiary alicyclic amines) is 2. The van der Waals surface area contributed by atoms with Gasteiger partial charge in [0.15, 0.2) is 0 Å². The van der Waals surface area contributed by atoms with Gasteiger partial charge in [-0.05, 0) is 31.1 Å². The Balaban J connectivity index is 1.58. The number of piperidine rings is 1. The first-order valence-corrected chi connectivity index (χ1v) is 9.17. The highest BCUT2D eigenvalue weighted by atomic mass is 16.5. The molecule has 23 heavy (non-hydrogen) atoms. The number of carbonyl (C=O) groups is 1. The van der Waals surface area contributed by atoms with Crippen LogP contribution in [0.3, 0.4) is 0 Å².